The van der Waals surface area contributed by atoms with E-state index in [0.717, 1.165) is 54.6 Å². The molecule has 1 unspecified atom stereocenters. The number of anilines is 1. The number of aliphatic hydroxyl groups excluding tert-OH is 1. The van der Waals surface area contributed by atoms with E-state index in [2.05, 4.69) is 28.1 Å². The lowest BCUT2D eigenvalue weighted by molar-refractivity contribution is 0.240. The molecule has 0 saturated carbocycles. The first-order chi connectivity index (χ1) is 11.3. The number of pyridine rings is 1. The van der Waals surface area contributed by atoms with Gasteiger partial charge in [-0.1, -0.05) is 0 Å². The van der Waals surface area contributed by atoms with Gasteiger partial charge in [-0.2, -0.15) is 5.26 Å². The highest BCUT2D eigenvalue weighted by Gasteiger charge is 2.28. The molecule has 0 spiro atoms. The highest BCUT2D eigenvalue weighted by atomic mass is 32.2. The van der Waals surface area contributed by atoms with E-state index in [1.165, 1.54) is 10.5 Å². The van der Waals surface area contributed by atoms with E-state index in [9.17, 15) is 10.4 Å². The number of benzene rings is 1. The second-order valence-electron chi connectivity index (χ2n) is 6.19. The smallest absolute Gasteiger partial charge is 0.103 e. The van der Waals surface area contributed by atoms with Gasteiger partial charge in [0.15, 0.2) is 0 Å². The molecule has 0 radical (unpaired) electrons. The number of aryl methyl sites for hydroxylation is 1. The number of aliphatic hydroxyl groups is 1. The lowest BCUT2D eigenvalue weighted by atomic mass is 9.96. The molecule has 4 nitrogen and oxygen atoms in total. The minimum atomic E-state index is 0.103. The Labute approximate surface area is 140 Å². The molecule has 1 saturated heterocycles. The van der Waals surface area contributed by atoms with Crippen molar-refractivity contribution in [2.75, 3.05) is 23.8 Å². The van der Waals surface area contributed by atoms with Crippen LogP contribution in [0.15, 0.2) is 23.2 Å². The number of rotatable bonds is 2. The SMILES string of the molecule is N#Cc1cnc2ccc3c(c2c1N1CCCCC1CO)CCS3. The van der Waals surface area contributed by atoms with Crippen molar-refractivity contribution in [1.82, 2.24) is 4.98 Å². The number of thioether (sulfide) groups is 1. The third-order valence-corrected chi connectivity index (χ3v) is 6.03. The molecule has 2 aromatic rings. The van der Waals surface area contributed by atoms with Crippen LogP contribution in [0.2, 0.25) is 0 Å². The molecular weight excluding hydrogens is 306 g/mol. The Balaban J connectivity index is 2.00. The summed E-state index contributed by atoms with van der Waals surface area (Å²) in [5.74, 6) is 1.09. The standard InChI is InChI=1S/C18H19N3OS/c19-9-12-10-20-15-4-5-16-14(6-8-23-16)17(15)18(12)21-7-2-1-3-13(21)11-22/h4-5,10,13,22H,1-3,6-8,11H2. The zero-order valence-electron chi connectivity index (χ0n) is 13.0. The topological polar surface area (TPSA) is 60.2 Å². The molecule has 0 amide bonds. The van der Waals surface area contributed by atoms with Crippen molar-refractivity contribution in [2.45, 2.75) is 36.6 Å². The van der Waals surface area contributed by atoms with Crippen LogP contribution < -0.4 is 4.90 Å². The molecule has 5 heteroatoms. The van der Waals surface area contributed by atoms with Gasteiger partial charge in [0.05, 0.1) is 29.4 Å². The van der Waals surface area contributed by atoms with Gasteiger partial charge in [0.25, 0.3) is 0 Å². The number of fused-ring (bicyclic) bond motifs is 3. The summed E-state index contributed by atoms with van der Waals surface area (Å²) in [5, 5.41) is 20.6. The Hall–Kier alpha value is -1.77. The minimum Gasteiger partial charge on any atom is -0.394 e. The van der Waals surface area contributed by atoms with Gasteiger partial charge >= 0.3 is 0 Å². The molecule has 1 aromatic carbocycles. The van der Waals surface area contributed by atoms with E-state index in [1.54, 1.807) is 6.20 Å². The molecule has 0 bridgehead atoms. The fourth-order valence-corrected chi connectivity index (χ4v) is 4.90. The maximum atomic E-state index is 9.81. The summed E-state index contributed by atoms with van der Waals surface area (Å²) in [5.41, 5.74) is 3.91. The predicted octanol–water partition coefficient (Wildman–Crippen LogP) is 3.11. The van der Waals surface area contributed by atoms with E-state index in [4.69, 9.17) is 0 Å². The van der Waals surface area contributed by atoms with Gasteiger partial charge < -0.3 is 10.0 Å². The second kappa shape index (κ2) is 6.03. The lowest BCUT2D eigenvalue weighted by Crippen LogP contribution is -2.42. The molecule has 2 aliphatic heterocycles. The molecule has 1 fully saturated rings. The minimum absolute atomic E-state index is 0.103. The molecule has 23 heavy (non-hydrogen) atoms. The quantitative estimate of drug-likeness (QED) is 0.919. The van der Waals surface area contributed by atoms with Crippen LogP contribution in [-0.4, -0.2) is 35.0 Å². The zero-order valence-corrected chi connectivity index (χ0v) is 13.8. The van der Waals surface area contributed by atoms with E-state index in [0.29, 0.717) is 5.56 Å². The Morgan fingerprint density at radius 1 is 1.39 bits per heavy atom. The van der Waals surface area contributed by atoms with Gasteiger partial charge in [0.2, 0.25) is 0 Å². The molecule has 0 aliphatic carbocycles. The van der Waals surface area contributed by atoms with Crippen LogP contribution >= 0.6 is 11.8 Å². The number of piperidine rings is 1. The molecule has 1 aromatic heterocycles. The highest BCUT2D eigenvalue weighted by molar-refractivity contribution is 7.99. The molecule has 4 rings (SSSR count). The van der Waals surface area contributed by atoms with Gasteiger partial charge in [-0.3, -0.25) is 4.98 Å². The number of nitriles is 1. The first-order valence-corrected chi connectivity index (χ1v) is 9.17. The first kappa shape index (κ1) is 14.8. The fraction of sp³-hybridized carbons (Fsp3) is 0.444. The van der Waals surface area contributed by atoms with E-state index < -0.39 is 0 Å². The van der Waals surface area contributed by atoms with Crippen molar-refractivity contribution < 1.29 is 5.11 Å². The van der Waals surface area contributed by atoms with Crippen molar-refractivity contribution in [3.63, 3.8) is 0 Å². The Bertz CT molecular complexity index is 799. The van der Waals surface area contributed by atoms with Crippen LogP contribution in [0, 0.1) is 11.3 Å². The summed E-state index contributed by atoms with van der Waals surface area (Å²) in [6, 6.07) is 6.65. The summed E-state index contributed by atoms with van der Waals surface area (Å²) < 4.78 is 0. The third kappa shape index (κ3) is 2.37. The zero-order chi connectivity index (χ0) is 15.8. The second-order valence-corrected chi connectivity index (χ2v) is 7.33. The van der Waals surface area contributed by atoms with Crippen LogP contribution in [0.5, 0.6) is 0 Å². The summed E-state index contributed by atoms with van der Waals surface area (Å²) in [6.07, 6.45) is 5.94. The third-order valence-electron chi connectivity index (χ3n) is 4.93. The van der Waals surface area contributed by atoms with Crippen molar-refractivity contribution in [3.8, 4) is 6.07 Å². The van der Waals surface area contributed by atoms with Gasteiger partial charge in [-0.05, 0) is 43.4 Å². The number of nitrogens with zero attached hydrogens (tertiary/aromatic N) is 3. The summed E-state index contributed by atoms with van der Waals surface area (Å²) in [7, 11) is 0. The molecule has 1 atom stereocenters. The maximum Gasteiger partial charge on any atom is 0.103 e. The van der Waals surface area contributed by atoms with E-state index in [1.807, 2.05) is 11.8 Å². The van der Waals surface area contributed by atoms with E-state index in [-0.39, 0.29) is 12.6 Å². The van der Waals surface area contributed by atoms with Crippen LogP contribution in [0.1, 0.15) is 30.4 Å². The van der Waals surface area contributed by atoms with E-state index >= 15 is 0 Å². The summed E-state index contributed by atoms with van der Waals surface area (Å²) in [6.45, 7) is 1.04. The van der Waals surface area contributed by atoms with Crippen LogP contribution in [0.25, 0.3) is 10.9 Å². The van der Waals surface area contributed by atoms with Gasteiger partial charge in [-0.15, -0.1) is 11.8 Å². The normalized spacial score (nSPS) is 20.5. The van der Waals surface area contributed by atoms with Crippen molar-refractivity contribution >= 4 is 28.4 Å². The maximum absolute atomic E-state index is 9.81. The molecule has 118 valence electrons. The summed E-state index contributed by atoms with van der Waals surface area (Å²) in [4.78, 5) is 8.09. The van der Waals surface area contributed by atoms with Gasteiger partial charge in [0.1, 0.15) is 6.07 Å². The largest absolute Gasteiger partial charge is 0.394 e. The fourth-order valence-electron chi connectivity index (χ4n) is 3.83. The van der Waals surface area contributed by atoms with Crippen molar-refractivity contribution in [3.05, 3.63) is 29.5 Å². The Morgan fingerprint density at radius 3 is 3.13 bits per heavy atom. The van der Waals surface area contributed by atoms with Crippen LogP contribution in [0.3, 0.4) is 0 Å². The van der Waals surface area contributed by atoms with Crippen molar-refractivity contribution in [1.29, 1.82) is 5.26 Å². The Morgan fingerprint density at radius 2 is 2.30 bits per heavy atom. The average Bonchev–Trinajstić information content (AvgIpc) is 3.09. The van der Waals surface area contributed by atoms with Gasteiger partial charge in [-0.25, -0.2) is 0 Å². The number of hydrogen-bond acceptors (Lipinski definition) is 5. The Kier molecular flexibility index (Phi) is 3.88. The molecule has 2 aliphatic rings. The van der Waals surface area contributed by atoms with Gasteiger partial charge in [0, 0.05) is 28.8 Å². The van der Waals surface area contributed by atoms with Crippen LogP contribution in [-0.2, 0) is 6.42 Å². The lowest BCUT2D eigenvalue weighted by Gasteiger charge is -2.37. The monoisotopic (exact) mass is 325 g/mol. The van der Waals surface area contributed by atoms with Crippen LogP contribution in [0.4, 0.5) is 5.69 Å². The average molecular weight is 325 g/mol. The first-order valence-electron chi connectivity index (χ1n) is 8.18. The number of aromatic nitrogens is 1. The molecule has 1 N–H and O–H groups in total. The number of hydrogen-bond donors (Lipinski definition) is 1. The molecule has 3 heterocycles. The van der Waals surface area contributed by atoms with Crippen molar-refractivity contribution in [2.24, 2.45) is 0 Å². The summed E-state index contributed by atoms with van der Waals surface area (Å²) >= 11 is 1.88. The molecular formula is C18H19N3OS. The predicted molar refractivity (Wildman–Crippen MR) is 93.0 cm³/mol. The highest BCUT2D eigenvalue weighted by Crippen LogP contribution is 2.42.